The summed E-state index contributed by atoms with van der Waals surface area (Å²) in [7, 11) is 0. The Balaban J connectivity index is 0.000000249. The molecule has 0 amide bonds. The van der Waals surface area contributed by atoms with E-state index in [1.807, 2.05) is 30.3 Å². The van der Waals surface area contributed by atoms with Crippen LogP contribution < -0.4 is 10.7 Å². The number of rotatable bonds is 4. The van der Waals surface area contributed by atoms with E-state index in [1.54, 1.807) is 30.5 Å². The molecule has 3 aromatic rings. The molecule has 0 aliphatic rings. The highest BCUT2D eigenvalue weighted by Gasteiger charge is 2.06. The second-order valence-electron chi connectivity index (χ2n) is 4.43. The Labute approximate surface area is 138 Å². The minimum atomic E-state index is -0.154. The van der Waals surface area contributed by atoms with Crippen LogP contribution in [0.1, 0.15) is 16.3 Å². The number of nitrogens with two attached hydrogens (primary N) is 1. The van der Waals surface area contributed by atoms with E-state index in [-0.39, 0.29) is 5.96 Å². The second kappa shape index (κ2) is 8.74. The smallest absolute Gasteiger partial charge is 0.214 e. The summed E-state index contributed by atoms with van der Waals surface area (Å²) in [5.41, 5.74) is 6.20. The van der Waals surface area contributed by atoms with Crippen LogP contribution in [0.15, 0.2) is 81.1 Å². The summed E-state index contributed by atoms with van der Waals surface area (Å²) in [5.74, 6) is 0.825. The third-order valence-electron chi connectivity index (χ3n) is 2.73. The average Bonchev–Trinajstić information content (AvgIpc) is 3.30. The van der Waals surface area contributed by atoms with Crippen molar-refractivity contribution in [3.63, 3.8) is 0 Å². The summed E-state index contributed by atoms with van der Waals surface area (Å²) >= 11 is 0. The third-order valence-corrected chi connectivity index (χ3v) is 2.73. The average molecular weight is 324 g/mol. The lowest BCUT2D eigenvalue weighted by Crippen LogP contribution is -2.32. The number of guanidine groups is 1. The van der Waals surface area contributed by atoms with Gasteiger partial charge in [-0.1, -0.05) is 18.2 Å². The van der Waals surface area contributed by atoms with E-state index in [0.29, 0.717) is 17.8 Å². The molecule has 7 nitrogen and oxygen atoms in total. The molecule has 7 heteroatoms. The quantitative estimate of drug-likeness (QED) is 0.332. The molecule has 0 saturated carbocycles. The van der Waals surface area contributed by atoms with Gasteiger partial charge in [0.25, 0.3) is 0 Å². The van der Waals surface area contributed by atoms with Gasteiger partial charge in [-0.25, -0.2) is 5.01 Å². The zero-order chi connectivity index (χ0) is 17.2. The summed E-state index contributed by atoms with van der Waals surface area (Å²) < 4.78 is 9.73. The first-order valence-electron chi connectivity index (χ1n) is 6.96. The lowest BCUT2D eigenvalue weighted by molar-refractivity contribution is 0.110. The SMILES string of the molecule is N=C(N)N(N=Cc1ccco1)c1ccccc1.O=Cc1ccco1. The van der Waals surface area contributed by atoms with Crippen molar-refractivity contribution in [3.05, 3.63) is 78.6 Å². The lowest BCUT2D eigenvalue weighted by atomic mass is 10.3. The number of hydrogen-bond donors (Lipinski definition) is 2. The fraction of sp³-hybridized carbons (Fsp3) is 0. The van der Waals surface area contributed by atoms with Gasteiger partial charge in [-0.3, -0.25) is 10.2 Å². The normalized spacial score (nSPS) is 10.0. The van der Waals surface area contributed by atoms with Gasteiger partial charge in [-0.15, -0.1) is 0 Å². The van der Waals surface area contributed by atoms with E-state index in [2.05, 4.69) is 9.52 Å². The first-order valence-corrected chi connectivity index (χ1v) is 6.96. The van der Waals surface area contributed by atoms with Gasteiger partial charge in [0.2, 0.25) is 5.96 Å². The monoisotopic (exact) mass is 324 g/mol. The van der Waals surface area contributed by atoms with Crippen molar-refractivity contribution < 1.29 is 13.6 Å². The Bertz CT molecular complexity index is 766. The van der Waals surface area contributed by atoms with Crippen molar-refractivity contribution in [1.29, 1.82) is 5.41 Å². The van der Waals surface area contributed by atoms with E-state index in [1.165, 1.54) is 17.5 Å². The first-order chi connectivity index (χ1) is 11.7. The van der Waals surface area contributed by atoms with E-state index in [0.717, 1.165) is 5.69 Å². The predicted molar refractivity (Wildman–Crippen MR) is 91.2 cm³/mol. The molecule has 24 heavy (non-hydrogen) atoms. The van der Waals surface area contributed by atoms with Crippen LogP contribution in [0.2, 0.25) is 0 Å². The number of carbonyl (C=O) groups excluding carboxylic acids is 1. The molecule has 0 unspecified atom stereocenters. The van der Waals surface area contributed by atoms with E-state index >= 15 is 0 Å². The fourth-order valence-electron chi connectivity index (χ4n) is 1.67. The maximum absolute atomic E-state index is 9.77. The molecule has 3 rings (SSSR count). The lowest BCUT2D eigenvalue weighted by Gasteiger charge is -2.15. The predicted octanol–water partition coefficient (Wildman–Crippen LogP) is 3.11. The fourth-order valence-corrected chi connectivity index (χ4v) is 1.67. The molecule has 0 saturated heterocycles. The van der Waals surface area contributed by atoms with Crippen LogP contribution in [0.3, 0.4) is 0 Å². The molecule has 0 aliphatic carbocycles. The van der Waals surface area contributed by atoms with Crippen LogP contribution in [0.4, 0.5) is 5.69 Å². The Morgan fingerprint density at radius 2 is 1.62 bits per heavy atom. The first kappa shape index (κ1) is 16.8. The topological polar surface area (TPSA) is 109 Å². The molecule has 3 N–H and O–H groups in total. The number of hydrogen-bond acceptors (Lipinski definition) is 5. The number of furan rings is 2. The minimum Gasteiger partial charge on any atom is -0.463 e. The number of carbonyl (C=O) groups is 1. The molecule has 2 heterocycles. The van der Waals surface area contributed by atoms with Gasteiger partial charge in [0, 0.05) is 0 Å². The molecule has 0 aliphatic heterocycles. The highest BCUT2D eigenvalue weighted by Crippen LogP contribution is 2.12. The number of nitrogens with one attached hydrogen (secondary N) is 1. The number of benzene rings is 1. The Kier molecular flexibility index (Phi) is 6.10. The van der Waals surface area contributed by atoms with Crippen molar-refractivity contribution in [1.82, 2.24) is 0 Å². The molecular formula is C17H16N4O3. The molecule has 0 atom stereocenters. The zero-order valence-electron chi connectivity index (χ0n) is 12.7. The Hall–Kier alpha value is -3.61. The standard InChI is InChI=1S/C12H12N4O.C5H4O2/c13-12(14)16(10-5-2-1-3-6-10)15-9-11-7-4-8-17-11;6-4-5-2-1-3-7-5/h1-9H,(H3,13,14);1-4H. The number of hydrazone groups is 1. The van der Waals surface area contributed by atoms with E-state index < -0.39 is 0 Å². The largest absolute Gasteiger partial charge is 0.463 e. The molecule has 2 aromatic heterocycles. The van der Waals surface area contributed by atoms with Gasteiger partial charge in [0.05, 0.1) is 24.4 Å². The summed E-state index contributed by atoms with van der Waals surface area (Å²) in [6.45, 7) is 0. The van der Waals surface area contributed by atoms with Gasteiger partial charge in [0.15, 0.2) is 12.0 Å². The van der Waals surface area contributed by atoms with Crippen LogP contribution in [0, 0.1) is 5.41 Å². The molecule has 0 fully saturated rings. The molecule has 0 spiro atoms. The van der Waals surface area contributed by atoms with Crippen LogP contribution >= 0.6 is 0 Å². The van der Waals surface area contributed by atoms with Gasteiger partial charge >= 0.3 is 0 Å². The number of aldehydes is 1. The van der Waals surface area contributed by atoms with Crippen molar-refractivity contribution in [2.75, 3.05) is 5.01 Å². The van der Waals surface area contributed by atoms with Gasteiger partial charge < -0.3 is 14.6 Å². The van der Waals surface area contributed by atoms with Crippen LogP contribution in [-0.4, -0.2) is 18.5 Å². The highest BCUT2D eigenvalue weighted by atomic mass is 16.3. The van der Waals surface area contributed by atoms with Gasteiger partial charge in [-0.2, -0.15) is 5.10 Å². The summed E-state index contributed by atoms with van der Waals surface area (Å²) in [5, 5.41) is 12.9. The molecule has 0 bridgehead atoms. The van der Waals surface area contributed by atoms with Crippen LogP contribution in [-0.2, 0) is 0 Å². The Morgan fingerprint density at radius 1 is 1.00 bits per heavy atom. The molecule has 122 valence electrons. The van der Waals surface area contributed by atoms with E-state index in [4.69, 9.17) is 15.6 Å². The third kappa shape index (κ3) is 4.99. The number of nitrogens with zero attached hydrogens (tertiary/aromatic N) is 2. The summed E-state index contributed by atoms with van der Waals surface area (Å²) in [6, 6.07) is 16.0. The maximum atomic E-state index is 9.77. The second-order valence-corrected chi connectivity index (χ2v) is 4.43. The molecule has 0 radical (unpaired) electrons. The van der Waals surface area contributed by atoms with Crippen molar-refractivity contribution >= 4 is 24.1 Å². The van der Waals surface area contributed by atoms with Gasteiger partial charge in [0.1, 0.15) is 5.76 Å². The van der Waals surface area contributed by atoms with Crippen molar-refractivity contribution in [2.24, 2.45) is 10.8 Å². The maximum Gasteiger partial charge on any atom is 0.214 e. The van der Waals surface area contributed by atoms with E-state index in [9.17, 15) is 4.79 Å². The Morgan fingerprint density at radius 3 is 2.08 bits per heavy atom. The summed E-state index contributed by atoms with van der Waals surface area (Å²) in [4.78, 5) is 9.77. The van der Waals surface area contributed by atoms with Gasteiger partial charge in [-0.05, 0) is 36.4 Å². The summed E-state index contributed by atoms with van der Waals surface area (Å²) in [6.07, 6.45) is 5.19. The number of anilines is 1. The number of para-hydroxylation sites is 1. The van der Waals surface area contributed by atoms with Crippen LogP contribution in [0.5, 0.6) is 0 Å². The van der Waals surface area contributed by atoms with Crippen LogP contribution in [0.25, 0.3) is 0 Å². The van der Waals surface area contributed by atoms with Crippen molar-refractivity contribution in [2.45, 2.75) is 0 Å². The highest BCUT2D eigenvalue weighted by molar-refractivity contribution is 5.93. The van der Waals surface area contributed by atoms with Crippen molar-refractivity contribution in [3.8, 4) is 0 Å². The molecule has 1 aromatic carbocycles. The minimum absolute atomic E-state index is 0.154. The molecular weight excluding hydrogens is 308 g/mol. The zero-order valence-corrected chi connectivity index (χ0v) is 12.7.